The molecule has 0 aliphatic carbocycles. The number of benzene rings is 1. The summed E-state index contributed by atoms with van der Waals surface area (Å²) in [7, 11) is 0. The van der Waals surface area contributed by atoms with Crippen molar-refractivity contribution in [1.29, 1.82) is 0 Å². The first-order chi connectivity index (χ1) is 13.9. The number of hydrogen-bond acceptors (Lipinski definition) is 7. The molecule has 1 unspecified atom stereocenters. The largest absolute Gasteiger partial charge is 0.416 e. The van der Waals surface area contributed by atoms with Crippen molar-refractivity contribution in [3.63, 3.8) is 0 Å². The predicted octanol–water partition coefficient (Wildman–Crippen LogP) is 4.82. The molecule has 4 rings (SSSR count). The predicted molar refractivity (Wildman–Crippen MR) is 110 cm³/mol. The fraction of sp³-hybridized carbons (Fsp3) is 0.211. The third kappa shape index (κ3) is 4.72. The van der Waals surface area contributed by atoms with Gasteiger partial charge in [0.15, 0.2) is 5.13 Å². The van der Waals surface area contributed by atoms with E-state index in [1.165, 1.54) is 17.4 Å². The smallest absolute Gasteiger partial charge is 0.360 e. The number of hydrogen-bond donors (Lipinski definition) is 2. The highest BCUT2D eigenvalue weighted by molar-refractivity contribution is 7.26. The van der Waals surface area contributed by atoms with Crippen LogP contribution in [0.25, 0.3) is 20.1 Å². The molecular formula is C19H16F3N5S2. The highest BCUT2D eigenvalue weighted by atomic mass is 32.1. The van der Waals surface area contributed by atoms with Crippen LogP contribution in [0.4, 0.5) is 18.3 Å². The molecular weight excluding hydrogens is 419 g/mol. The van der Waals surface area contributed by atoms with Crippen LogP contribution < -0.4 is 11.1 Å². The molecule has 0 saturated heterocycles. The maximum absolute atomic E-state index is 12.8. The number of anilines is 1. The second kappa shape index (κ2) is 8.05. The Balaban J connectivity index is 1.37. The van der Waals surface area contributed by atoms with Crippen LogP contribution in [0.15, 0.2) is 48.9 Å². The summed E-state index contributed by atoms with van der Waals surface area (Å²) >= 11 is 3.00. The van der Waals surface area contributed by atoms with Crippen molar-refractivity contribution in [2.45, 2.75) is 18.6 Å². The Morgan fingerprint density at radius 2 is 2.00 bits per heavy atom. The molecule has 10 heteroatoms. The average Bonchev–Trinajstić information content (AvgIpc) is 3.32. The minimum Gasteiger partial charge on any atom is -0.360 e. The third-order valence-electron chi connectivity index (χ3n) is 4.18. The van der Waals surface area contributed by atoms with Gasteiger partial charge in [-0.1, -0.05) is 29.5 Å². The van der Waals surface area contributed by atoms with Crippen LogP contribution in [0, 0.1) is 0 Å². The van der Waals surface area contributed by atoms with Gasteiger partial charge in [0.25, 0.3) is 0 Å². The molecule has 5 nitrogen and oxygen atoms in total. The summed E-state index contributed by atoms with van der Waals surface area (Å²) in [6.07, 6.45) is 1.21. The summed E-state index contributed by atoms with van der Waals surface area (Å²) in [5.41, 5.74) is 6.88. The first kappa shape index (κ1) is 19.7. The molecule has 1 atom stereocenters. The van der Waals surface area contributed by atoms with E-state index in [1.807, 2.05) is 6.07 Å². The van der Waals surface area contributed by atoms with E-state index in [0.717, 1.165) is 32.2 Å². The maximum atomic E-state index is 12.8. The summed E-state index contributed by atoms with van der Waals surface area (Å²) in [6, 6.07) is 6.77. The lowest BCUT2D eigenvalue weighted by atomic mass is 10.0. The van der Waals surface area contributed by atoms with Crippen molar-refractivity contribution in [1.82, 2.24) is 15.0 Å². The number of halogens is 3. The fourth-order valence-electron chi connectivity index (χ4n) is 2.81. The highest BCUT2D eigenvalue weighted by Crippen LogP contribution is 2.34. The molecule has 0 amide bonds. The Morgan fingerprint density at radius 3 is 2.79 bits per heavy atom. The van der Waals surface area contributed by atoms with E-state index < -0.39 is 11.7 Å². The van der Waals surface area contributed by atoms with E-state index in [4.69, 9.17) is 5.73 Å². The molecule has 0 saturated carbocycles. The summed E-state index contributed by atoms with van der Waals surface area (Å²) < 4.78 is 39.5. The van der Waals surface area contributed by atoms with Gasteiger partial charge in [-0.2, -0.15) is 13.2 Å². The van der Waals surface area contributed by atoms with Crippen LogP contribution in [-0.2, 0) is 12.6 Å². The van der Waals surface area contributed by atoms with Gasteiger partial charge in [-0.3, -0.25) is 4.98 Å². The Labute approximate surface area is 172 Å². The Bertz CT molecular complexity index is 1090. The summed E-state index contributed by atoms with van der Waals surface area (Å²) in [6.45, 7) is 0.396. The van der Waals surface area contributed by atoms with Gasteiger partial charge in [0.2, 0.25) is 0 Å². The van der Waals surface area contributed by atoms with Gasteiger partial charge in [-0.25, -0.2) is 9.97 Å². The quantitative estimate of drug-likeness (QED) is 0.454. The van der Waals surface area contributed by atoms with Gasteiger partial charge in [0, 0.05) is 25.0 Å². The number of nitrogens with zero attached hydrogens (tertiary/aromatic N) is 3. The van der Waals surface area contributed by atoms with Gasteiger partial charge in [0.1, 0.15) is 5.01 Å². The minimum absolute atomic E-state index is 0.333. The Morgan fingerprint density at radius 1 is 1.14 bits per heavy atom. The van der Waals surface area contributed by atoms with Gasteiger partial charge >= 0.3 is 6.18 Å². The topological polar surface area (TPSA) is 76.7 Å². The molecule has 3 aromatic heterocycles. The number of rotatable bonds is 6. The minimum atomic E-state index is -4.35. The molecule has 0 spiro atoms. The molecule has 29 heavy (non-hydrogen) atoms. The third-order valence-corrected chi connectivity index (χ3v) is 6.31. The van der Waals surface area contributed by atoms with Crippen LogP contribution in [0.1, 0.15) is 11.1 Å². The molecule has 3 N–H and O–H groups in total. The molecule has 0 radical (unpaired) electrons. The summed E-state index contributed by atoms with van der Waals surface area (Å²) in [4.78, 5) is 13.9. The van der Waals surface area contributed by atoms with E-state index in [0.29, 0.717) is 23.7 Å². The zero-order valence-corrected chi connectivity index (χ0v) is 16.6. The second-order valence-corrected chi connectivity index (χ2v) is 8.50. The van der Waals surface area contributed by atoms with Crippen molar-refractivity contribution in [2.24, 2.45) is 5.73 Å². The van der Waals surface area contributed by atoms with Crippen LogP contribution >= 0.6 is 22.7 Å². The average molecular weight is 436 g/mol. The second-order valence-electron chi connectivity index (χ2n) is 6.44. The van der Waals surface area contributed by atoms with Crippen LogP contribution in [0.2, 0.25) is 0 Å². The van der Waals surface area contributed by atoms with Gasteiger partial charge in [-0.05, 0) is 24.1 Å². The summed E-state index contributed by atoms with van der Waals surface area (Å²) in [5.74, 6) is 0. The van der Waals surface area contributed by atoms with Gasteiger partial charge < -0.3 is 11.1 Å². The lowest BCUT2D eigenvalue weighted by Crippen LogP contribution is -2.31. The first-order valence-electron chi connectivity index (χ1n) is 8.71. The zero-order chi connectivity index (χ0) is 20.4. The number of nitrogens with one attached hydrogen (secondary N) is 1. The zero-order valence-electron chi connectivity index (χ0n) is 15.0. The first-order valence-corrected chi connectivity index (χ1v) is 10.3. The number of nitrogens with two attached hydrogens (primary N) is 1. The molecule has 150 valence electrons. The lowest BCUT2D eigenvalue weighted by Gasteiger charge is -2.14. The molecule has 1 aromatic carbocycles. The van der Waals surface area contributed by atoms with E-state index in [1.54, 1.807) is 36.0 Å². The standard InChI is InChI=1S/C19H16F3N5S2/c20-19(21,22)12-3-1-2-11(6-12)7-13(23)8-25-18-26-10-16(29-18)17-27-14-4-5-24-9-15(14)28-17/h1-6,9-10,13H,7-8,23H2,(H,25,26). The fourth-order valence-corrected chi connectivity index (χ4v) is 4.60. The highest BCUT2D eigenvalue weighted by Gasteiger charge is 2.30. The van der Waals surface area contributed by atoms with E-state index in [2.05, 4.69) is 20.3 Å². The van der Waals surface area contributed by atoms with E-state index in [-0.39, 0.29) is 6.04 Å². The van der Waals surface area contributed by atoms with Crippen molar-refractivity contribution in [3.05, 3.63) is 60.0 Å². The Kier molecular flexibility index (Phi) is 5.48. The van der Waals surface area contributed by atoms with E-state index in [9.17, 15) is 13.2 Å². The Hall–Kier alpha value is -2.56. The molecule has 3 heterocycles. The van der Waals surface area contributed by atoms with Gasteiger partial charge in [0.05, 0.1) is 26.9 Å². The number of alkyl halides is 3. The van der Waals surface area contributed by atoms with Crippen molar-refractivity contribution < 1.29 is 13.2 Å². The van der Waals surface area contributed by atoms with Crippen LogP contribution in [0.3, 0.4) is 0 Å². The molecule has 0 fully saturated rings. The van der Waals surface area contributed by atoms with Crippen molar-refractivity contribution in [3.8, 4) is 9.88 Å². The van der Waals surface area contributed by atoms with Crippen LogP contribution in [0.5, 0.6) is 0 Å². The van der Waals surface area contributed by atoms with Gasteiger partial charge in [-0.15, -0.1) is 11.3 Å². The van der Waals surface area contributed by atoms with Crippen molar-refractivity contribution >= 4 is 38.0 Å². The van der Waals surface area contributed by atoms with Crippen LogP contribution in [-0.4, -0.2) is 27.5 Å². The lowest BCUT2D eigenvalue weighted by molar-refractivity contribution is -0.137. The summed E-state index contributed by atoms with van der Waals surface area (Å²) in [5, 5.41) is 4.72. The molecule has 4 aromatic rings. The SMILES string of the molecule is NC(CNc1ncc(-c2nc3ccncc3s2)s1)Cc1cccc(C(F)(F)F)c1. The molecule has 0 aliphatic rings. The number of aromatic nitrogens is 3. The monoisotopic (exact) mass is 435 g/mol. The van der Waals surface area contributed by atoms with E-state index >= 15 is 0 Å². The molecule has 0 aliphatic heterocycles. The normalized spacial score (nSPS) is 13.0. The van der Waals surface area contributed by atoms with Crippen molar-refractivity contribution in [2.75, 3.05) is 11.9 Å². The number of fused-ring (bicyclic) bond motifs is 1. The number of thiazole rings is 2. The number of pyridine rings is 1. The maximum Gasteiger partial charge on any atom is 0.416 e. The molecule has 0 bridgehead atoms.